The molecule has 0 aliphatic heterocycles. The van der Waals surface area contributed by atoms with E-state index in [1.165, 1.54) is 6.08 Å². The predicted molar refractivity (Wildman–Crippen MR) is 124 cm³/mol. The highest BCUT2D eigenvalue weighted by Crippen LogP contribution is 2.27. The van der Waals surface area contributed by atoms with Gasteiger partial charge in [0.15, 0.2) is 5.58 Å². The normalized spacial score (nSPS) is 11.2. The van der Waals surface area contributed by atoms with E-state index in [1.807, 2.05) is 67.6 Å². The second-order valence-electron chi connectivity index (χ2n) is 7.28. The molecule has 0 saturated heterocycles. The zero-order valence-corrected chi connectivity index (χ0v) is 17.6. The average molecular weight is 412 g/mol. The molecule has 0 radical (unpaired) electrons. The first-order valence-electron chi connectivity index (χ1n) is 10.3. The fraction of sp³-hybridized carbons (Fsp3) is 0.154. The molecule has 0 bridgehead atoms. The Hall–Kier alpha value is -3.86. The van der Waals surface area contributed by atoms with Gasteiger partial charge in [0.1, 0.15) is 11.3 Å². The minimum atomic E-state index is -0.233. The summed E-state index contributed by atoms with van der Waals surface area (Å²) in [7, 11) is 0. The maximum Gasteiger partial charge on any atom is 0.248 e. The Morgan fingerprint density at radius 3 is 2.81 bits per heavy atom. The number of para-hydroxylation sites is 1. The van der Waals surface area contributed by atoms with Crippen molar-refractivity contribution in [1.82, 2.24) is 4.98 Å². The molecule has 5 heteroatoms. The number of hydrogen-bond donors (Lipinski definition) is 1. The molecule has 0 fully saturated rings. The zero-order valence-electron chi connectivity index (χ0n) is 17.6. The van der Waals surface area contributed by atoms with E-state index in [9.17, 15) is 4.79 Å². The lowest BCUT2D eigenvalue weighted by Gasteiger charge is -2.07. The van der Waals surface area contributed by atoms with Crippen LogP contribution < -0.4 is 10.1 Å². The number of anilines is 1. The number of benzene rings is 3. The molecule has 0 aliphatic rings. The van der Waals surface area contributed by atoms with Crippen LogP contribution in [0.5, 0.6) is 5.75 Å². The number of oxazole rings is 1. The Kier molecular flexibility index (Phi) is 6.13. The van der Waals surface area contributed by atoms with Gasteiger partial charge in [0, 0.05) is 29.0 Å². The second kappa shape index (κ2) is 9.30. The first kappa shape index (κ1) is 20.4. The number of hydrogen-bond acceptors (Lipinski definition) is 4. The van der Waals surface area contributed by atoms with Crippen LogP contribution in [0.3, 0.4) is 0 Å². The highest BCUT2D eigenvalue weighted by molar-refractivity contribution is 6.02. The maximum atomic E-state index is 12.4. The van der Waals surface area contributed by atoms with Crippen LogP contribution in [-0.4, -0.2) is 17.5 Å². The molecule has 0 aliphatic carbocycles. The van der Waals surface area contributed by atoms with Crippen LogP contribution in [0.4, 0.5) is 5.69 Å². The Morgan fingerprint density at radius 1 is 1.10 bits per heavy atom. The molecule has 0 atom stereocenters. The molecule has 156 valence electrons. The summed E-state index contributed by atoms with van der Waals surface area (Å²) >= 11 is 0. The maximum absolute atomic E-state index is 12.4. The van der Waals surface area contributed by atoms with Crippen molar-refractivity contribution in [2.24, 2.45) is 0 Å². The molecule has 1 heterocycles. The van der Waals surface area contributed by atoms with Crippen molar-refractivity contribution in [2.75, 3.05) is 11.9 Å². The Balaban J connectivity index is 1.48. The Labute approximate surface area is 181 Å². The molecule has 1 aromatic heterocycles. The summed E-state index contributed by atoms with van der Waals surface area (Å²) in [6.45, 7) is 4.72. The number of aryl methyl sites for hydroxylation is 1. The van der Waals surface area contributed by atoms with E-state index >= 15 is 0 Å². The van der Waals surface area contributed by atoms with Gasteiger partial charge in [0.2, 0.25) is 11.8 Å². The van der Waals surface area contributed by atoms with E-state index in [-0.39, 0.29) is 5.91 Å². The number of carbonyl (C=O) groups is 1. The van der Waals surface area contributed by atoms with Crippen molar-refractivity contribution in [2.45, 2.75) is 20.3 Å². The van der Waals surface area contributed by atoms with Gasteiger partial charge in [-0.05, 0) is 49.8 Å². The highest BCUT2D eigenvalue weighted by Gasteiger charge is 2.10. The van der Waals surface area contributed by atoms with Gasteiger partial charge < -0.3 is 14.5 Å². The summed E-state index contributed by atoms with van der Waals surface area (Å²) in [6.07, 6.45) is 4.17. The lowest BCUT2D eigenvalue weighted by atomic mass is 10.1. The van der Waals surface area contributed by atoms with Crippen LogP contribution in [0.1, 0.15) is 24.5 Å². The predicted octanol–water partition coefficient (Wildman–Crippen LogP) is 6.24. The zero-order chi connectivity index (χ0) is 21.6. The molecular weight excluding hydrogens is 388 g/mol. The van der Waals surface area contributed by atoms with E-state index in [4.69, 9.17) is 9.15 Å². The summed E-state index contributed by atoms with van der Waals surface area (Å²) in [5.41, 5.74) is 4.93. The van der Waals surface area contributed by atoms with Gasteiger partial charge >= 0.3 is 0 Å². The molecular formula is C26H24N2O3. The van der Waals surface area contributed by atoms with Gasteiger partial charge in [-0.2, -0.15) is 0 Å². The van der Waals surface area contributed by atoms with Crippen LogP contribution in [0.25, 0.3) is 28.6 Å². The Morgan fingerprint density at radius 2 is 1.97 bits per heavy atom. The minimum Gasteiger partial charge on any atom is -0.493 e. The largest absolute Gasteiger partial charge is 0.493 e. The average Bonchev–Trinajstić information content (AvgIpc) is 3.20. The molecule has 0 saturated carbocycles. The van der Waals surface area contributed by atoms with Gasteiger partial charge in [0.05, 0.1) is 6.61 Å². The molecule has 0 spiro atoms. The summed E-state index contributed by atoms with van der Waals surface area (Å²) in [6, 6.07) is 21.1. The molecule has 1 amide bonds. The van der Waals surface area contributed by atoms with Crippen molar-refractivity contribution in [3.63, 3.8) is 0 Å². The van der Waals surface area contributed by atoms with E-state index in [0.29, 0.717) is 23.8 Å². The summed E-state index contributed by atoms with van der Waals surface area (Å²) in [5, 5.41) is 2.87. The first-order chi connectivity index (χ1) is 15.1. The number of fused-ring (bicyclic) bond motifs is 1. The SMILES string of the molecule is CCCOc1ccccc1/C=C/C(=O)Nc1ccc2nc(-c3cccc(C)c3)oc2c1. The monoisotopic (exact) mass is 412 g/mol. The lowest BCUT2D eigenvalue weighted by molar-refractivity contribution is -0.111. The quantitative estimate of drug-likeness (QED) is 0.365. The van der Waals surface area contributed by atoms with Crippen molar-refractivity contribution in [3.05, 3.63) is 83.9 Å². The third-order valence-electron chi connectivity index (χ3n) is 4.72. The highest BCUT2D eigenvalue weighted by atomic mass is 16.5. The Bertz CT molecular complexity index is 1240. The smallest absolute Gasteiger partial charge is 0.248 e. The number of ether oxygens (including phenoxy) is 1. The van der Waals surface area contributed by atoms with E-state index in [1.54, 1.807) is 12.1 Å². The number of nitrogens with one attached hydrogen (secondary N) is 1. The van der Waals surface area contributed by atoms with Crippen LogP contribution in [0, 0.1) is 6.92 Å². The number of carbonyl (C=O) groups excluding carboxylic acids is 1. The van der Waals surface area contributed by atoms with Crippen molar-refractivity contribution in [1.29, 1.82) is 0 Å². The van der Waals surface area contributed by atoms with Gasteiger partial charge in [-0.15, -0.1) is 0 Å². The molecule has 3 aromatic carbocycles. The number of amides is 1. The lowest BCUT2D eigenvalue weighted by Crippen LogP contribution is -2.07. The fourth-order valence-electron chi connectivity index (χ4n) is 3.22. The van der Waals surface area contributed by atoms with E-state index < -0.39 is 0 Å². The van der Waals surface area contributed by atoms with Crippen LogP contribution in [-0.2, 0) is 4.79 Å². The fourth-order valence-corrected chi connectivity index (χ4v) is 3.22. The molecule has 5 nitrogen and oxygen atoms in total. The van der Waals surface area contributed by atoms with E-state index in [0.717, 1.165) is 34.4 Å². The molecule has 0 unspecified atom stereocenters. The standard InChI is InChI=1S/C26H24N2O3/c1-3-15-30-23-10-5-4-8-19(23)11-14-25(29)27-21-12-13-22-24(17-21)31-26(28-22)20-9-6-7-18(2)16-20/h4-14,16-17H,3,15H2,1-2H3,(H,27,29)/b14-11+. The number of rotatable bonds is 7. The topological polar surface area (TPSA) is 64.4 Å². The number of nitrogens with zero attached hydrogens (tertiary/aromatic N) is 1. The van der Waals surface area contributed by atoms with Crippen molar-refractivity contribution < 1.29 is 13.9 Å². The molecule has 31 heavy (non-hydrogen) atoms. The molecule has 4 rings (SSSR count). The van der Waals surface area contributed by atoms with E-state index in [2.05, 4.69) is 17.2 Å². The molecule has 1 N–H and O–H groups in total. The van der Waals surface area contributed by atoms with Crippen LogP contribution in [0.2, 0.25) is 0 Å². The van der Waals surface area contributed by atoms with Crippen molar-refractivity contribution >= 4 is 28.8 Å². The molecule has 4 aromatic rings. The number of aromatic nitrogens is 1. The third kappa shape index (κ3) is 5.01. The summed E-state index contributed by atoms with van der Waals surface area (Å²) in [5.74, 6) is 1.09. The van der Waals surface area contributed by atoms with Gasteiger partial charge in [-0.3, -0.25) is 4.79 Å². The summed E-state index contributed by atoms with van der Waals surface area (Å²) in [4.78, 5) is 17.0. The first-order valence-corrected chi connectivity index (χ1v) is 10.3. The second-order valence-corrected chi connectivity index (χ2v) is 7.28. The van der Waals surface area contributed by atoms with Crippen molar-refractivity contribution in [3.8, 4) is 17.2 Å². The van der Waals surface area contributed by atoms with Gasteiger partial charge in [0.25, 0.3) is 0 Å². The minimum absolute atomic E-state index is 0.233. The summed E-state index contributed by atoms with van der Waals surface area (Å²) < 4.78 is 11.6. The third-order valence-corrected chi connectivity index (χ3v) is 4.72. The van der Waals surface area contributed by atoms with Gasteiger partial charge in [-0.25, -0.2) is 4.98 Å². The van der Waals surface area contributed by atoms with Crippen LogP contribution >= 0.6 is 0 Å². The van der Waals surface area contributed by atoms with Crippen LogP contribution in [0.15, 0.2) is 77.2 Å². The van der Waals surface area contributed by atoms with Gasteiger partial charge in [-0.1, -0.05) is 42.8 Å².